The van der Waals surface area contributed by atoms with E-state index in [4.69, 9.17) is 11.5 Å². The van der Waals surface area contributed by atoms with Crippen LogP contribution in [0.25, 0.3) is 11.1 Å². The Kier molecular flexibility index (Phi) is 14.9. The molecule has 260 valence electrons. The molecule has 0 saturated carbocycles. The van der Waals surface area contributed by atoms with Crippen molar-refractivity contribution in [2.24, 2.45) is 11.5 Å². The molecule has 0 aliphatic rings. The van der Waals surface area contributed by atoms with Gasteiger partial charge in [0.05, 0.1) is 17.3 Å². The molecule has 3 amide bonds. The molecule has 3 aromatic rings. The van der Waals surface area contributed by atoms with Gasteiger partial charge in [-0.2, -0.15) is 13.2 Å². The zero-order valence-corrected chi connectivity index (χ0v) is 27.4. The lowest BCUT2D eigenvalue weighted by atomic mass is 9.92. The van der Waals surface area contributed by atoms with Gasteiger partial charge in [0.15, 0.2) is 0 Å². The number of hydrogen-bond acceptors (Lipinski definition) is 7. The Morgan fingerprint density at radius 3 is 2.29 bits per heavy atom. The quantitative estimate of drug-likeness (QED) is 0.0635. The third-order valence-electron chi connectivity index (χ3n) is 7.94. The van der Waals surface area contributed by atoms with E-state index < -0.39 is 23.8 Å². The van der Waals surface area contributed by atoms with Crippen LogP contribution in [-0.4, -0.2) is 55.5 Å². The van der Waals surface area contributed by atoms with Crippen LogP contribution in [0.2, 0.25) is 0 Å². The van der Waals surface area contributed by atoms with E-state index in [1.54, 1.807) is 37.4 Å². The molecule has 0 radical (unpaired) electrons. The van der Waals surface area contributed by atoms with Crippen LogP contribution >= 0.6 is 0 Å². The van der Waals surface area contributed by atoms with Crippen molar-refractivity contribution in [2.45, 2.75) is 70.4 Å². The van der Waals surface area contributed by atoms with E-state index >= 15 is 0 Å². The van der Waals surface area contributed by atoms with E-state index in [0.717, 1.165) is 17.3 Å². The second-order valence-corrected chi connectivity index (χ2v) is 11.6. The number of amides is 3. The molecule has 3 aromatic carbocycles. The van der Waals surface area contributed by atoms with Crippen LogP contribution < -0.4 is 32.8 Å². The molecule has 0 saturated heterocycles. The Hall–Kier alpha value is -4.46. The first-order valence-electron chi connectivity index (χ1n) is 16.0. The van der Waals surface area contributed by atoms with Crippen LogP contribution in [0, 0.1) is 6.92 Å². The average Bonchev–Trinajstić information content (AvgIpc) is 3.07. The summed E-state index contributed by atoms with van der Waals surface area (Å²) in [5.74, 6) is -0.711. The molecule has 0 bridgehead atoms. The van der Waals surface area contributed by atoms with Gasteiger partial charge >= 0.3 is 6.18 Å². The Morgan fingerprint density at radius 2 is 1.60 bits per heavy atom. The van der Waals surface area contributed by atoms with Crippen LogP contribution in [0.5, 0.6) is 0 Å². The number of rotatable bonds is 19. The number of carbonyl (C=O) groups is 3. The summed E-state index contributed by atoms with van der Waals surface area (Å²) >= 11 is 0. The summed E-state index contributed by atoms with van der Waals surface area (Å²) in [6.45, 7) is 2.80. The van der Waals surface area contributed by atoms with Crippen LogP contribution in [0.15, 0.2) is 66.7 Å². The number of nitrogens with one attached hydrogen (secondary N) is 4. The van der Waals surface area contributed by atoms with Gasteiger partial charge in [-0.15, -0.1) is 0 Å². The summed E-state index contributed by atoms with van der Waals surface area (Å²) in [7, 11) is 1.60. The maximum absolute atomic E-state index is 14.0. The number of hydrogen-bond donors (Lipinski definition) is 6. The first kappa shape index (κ1) is 38.0. The minimum atomic E-state index is -4.62. The normalized spacial score (nSPS) is 12.6. The van der Waals surface area contributed by atoms with E-state index in [-0.39, 0.29) is 30.5 Å². The topological polar surface area (TPSA) is 155 Å². The lowest BCUT2D eigenvalue weighted by Gasteiger charge is -2.28. The van der Waals surface area contributed by atoms with Crippen molar-refractivity contribution < 1.29 is 27.6 Å². The number of anilines is 1. The highest BCUT2D eigenvalue weighted by atomic mass is 19.4. The third-order valence-corrected chi connectivity index (χ3v) is 7.94. The summed E-state index contributed by atoms with van der Waals surface area (Å²) in [6.07, 6.45) is -1.58. The molecule has 0 aromatic heterocycles. The Bertz CT molecular complexity index is 1500. The average molecular weight is 670 g/mol. The summed E-state index contributed by atoms with van der Waals surface area (Å²) in [4.78, 5) is 38.1. The van der Waals surface area contributed by atoms with Gasteiger partial charge in [0, 0.05) is 20.1 Å². The van der Waals surface area contributed by atoms with Crippen molar-refractivity contribution in [3.63, 3.8) is 0 Å². The van der Waals surface area contributed by atoms with Gasteiger partial charge in [0.1, 0.15) is 6.04 Å². The fourth-order valence-corrected chi connectivity index (χ4v) is 5.39. The summed E-state index contributed by atoms with van der Waals surface area (Å²) in [6, 6.07) is 16.4. The van der Waals surface area contributed by atoms with Crippen molar-refractivity contribution in [1.82, 2.24) is 21.0 Å². The highest BCUT2D eigenvalue weighted by Gasteiger charge is 2.34. The molecule has 48 heavy (non-hydrogen) atoms. The van der Waals surface area contributed by atoms with Crippen LogP contribution in [0.4, 0.5) is 18.9 Å². The molecule has 13 heteroatoms. The predicted octanol–water partition coefficient (Wildman–Crippen LogP) is 4.22. The highest BCUT2D eigenvalue weighted by molar-refractivity contribution is 5.90. The van der Waals surface area contributed by atoms with Gasteiger partial charge in [0.2, 0.25) is 12.3 Å². The van der Waals surface area contributed by atoms with E-state index in [9.17, 15) is 27.6 Å². The Balaban J connectivity index is 1.81. The molecule has 0 aliphatic heterocycles. The minimum Gasteiger partial charge on any atom is -0.355 e. The monoisotopic (exact) mass is 669 g/mol. The second kappa shape index (κ2) is 18.8. The van der Waals surface area contributed by atoms with Crippen molar-refractivity contribution in [1.29, 1.82) is 0 Å². The molecular formula is C35H46F3N7O3. The first-order valence-corrected chi connectivity index (χ1v) is 16.0. The summed E-state index contributed by atoms with van der Waals surface area (Å²) in [5, 5.41) is 9.95. The molecule has 0 fully saturated rings. The maximum Gasteiger partial charge on any atom is 0.417 e. The zero-order valence-electron chi connectivity index (χ0n) is 27.4. The number of likely N-dealkylation sites (N-methyl/N-ethyl adjacent to an activating group) is 1. The Morgan fingerprint density at radius 1 is 0.896 bits per heavy atom. The number of unbranched alkanes of at least 4 members (excludes halogenated alkanes) is 1. The van der Waals surface area contributed by atoms with E-state index in [1.807, 2.05) is 31.2 Å². The fraction of sp³-hybridized carbons (Fsp3) is 0.400. The van der Waals surface area contributed by atoms with E-state index in [0.29, 0.717) is 68.3 Å². The number of nitrogens with zero attached hydrogens (tertiary/aromatic N) is 1. The first-order chi connectivity index (χ1) is 23.0. The molecule has 0 aliphatic carbocycles. The maximum atomic E-state index is 14.0. The van der Waals surface area contributed by atoms with Crippen molar-refractivity contribution in [3.05, 3.63) is 89.0 Å². The number of halogens is 3. The largest absolute Gasteiger partial charge is 0.417 e. The highest BCUT2D eigenvalue weighted by Crippen LogP contribution is 2.39. The number of alkyl halides is 3. The molecule has 10 nitrogen and oxygen atoms in total. The molecule has 2 atom stereocenters. The lowest BCUT2D eigenvalue weighted by molar-refractivity contribution is -0.137. The minimum absolute atomic E-state index is 0.0270. The fourth-order valence-electron chi connectivity index (χ4n) is 5.39. The van der Waals surface area contributed by atoms with Gasteiger partial charge in [-0.25, -0.2) is 0 Å². The van der Waals surface area contributed by atoms with Gasteiger partial charge in [-0.1, -0.05) is 48.5 Å². The van der Waals surface area contributed by atoms with Gasteiger partial charge in [0.25, 0.3) is 5.91 Å². The zero-order chi connectivity index (χ0) is 35.1. The van der Waals surface area contributed by atoms with Gasteiger partial charge in [-0.3, -0.25) is 24.8 Å². The number of hydrazine groups is 1. The van der Waals surface area contributed by atoms with E-state index in [1.165, 1.54) is 11.1 Å². The Labute approximate surface area is 279 Å². The standard InChI is InChI=1S/C35H46F3N7O3/c1-24-10-3-4-15-29(24)44-45(2)34(48)31(16-5-6-18-39)43-33(47)30(17-9-19-40)42-21-25-11-7-12-26(20-25)32-27(22-41-23-46)13-8-14-28(32)35(36,37)38/h3-4,7-8,10-15,20,23,30-31,42,44H,5-6,9,16-19,21-22,39-40H2,1-2H3,(H,41,46)(H,43,47)/t30-,31-/m0/s1. The number of aryl methyl sites for hydroxylation is 1. The lowest BCUT2D eigenvalue weighted by Crippen LogP contribution is -2.53. The smallest absolute Gasteiger partial charge is 0.355 e. The number of para-hydroxylation sites is 1. The van der Waals surface area contributed by atoms with Crippen LogP contribution in [0.1, 0.15) is 54.4 Å². The van der Waals surface area contributed by atoms with Gasteiger partial charge < -0.3 is 27.4 Å². The molecule has 0 unspecified atom stereocenters. The third kappa shape index (κ3) is 11.1. The van der Waals surface area contributed by atoms with Crippen LogP contribution in [0.3, 0.4) is 0 Å². The van der Waals surface area contributed by atoms with Gasteiger partial charge in [-0.05, 0) is 98.1 Å². The van der Waals surface area contributed by atoms with Crippen LogP contribution in [-0.2, 0) is 33.6 Å². The number of benzene rings is 3. The number of nitrogens with two attached hydrogens (primary N) is 2. The predicted molar refractivity (Wildman–Crippen MR) is 181 cm³/mol. The SMILES string of the molecule is Cc1ccccc1NN(C)C(=O)[C@H](CCCCN)NC(=O)[C@H](CCCN)NCc1cccc(-c2c(CNC=O)cccc2C(F)(F)F)c1. The molecule has 8 N–H and O–H groups in total. The summed E-state index contributed by atoms with van der Waals surface area (Å²) in [5.41, 5.74) is 16.7. The van der Waals surface area contributed by atoms with Crippen molar-refractivity contribution >= 4 is 23.9 Å². The molecule has 0 spiro atoms. The van der Waals surface area contributed by atoms with E-state index in [2.05, 4.69) is 21.4 Å². The molecule has 0 heterocycles. The second-order valence-electron chi connectivity index (χ2n) is 11.6. The molecular weight excluding hydrogens is 623 g/mol. The summed E-state index contributed by atoms with van der Waals surface area (Å²) < 4.78 is 42.1. The van der Waals surface area contributed by atoms with Crippen molar-refractivity contribution in [3.8, 4) is 11.1 Å². The number of carbonyl (C=O) groups excluding carboxylic acids is 3. The molecule has 3 rings (SSSR count). The van der Waals surface area contributed by atoms with Crippen molar-refractivity contribution in [2.75, 3.05) is 25.6 Å².